The number of rotatable bonds is 5. The summed E-state index contributed by atoms with van der Waals surface area (Å²) in [6, 6.07) is 17.7. The van der Waals surface area contributed by atoms with Crippen LogP contribution in [0.15, 0.2) is 54.6 Å². The molecule has 7 nitrogen and oxygen atoms in total. The van der Waals surface area contributed by atoms with Gasteiger partial charge < -0.3 is 20.3 Å². The van der Waals surface area contributed by atoms with Gasteiger partial charge in [0.2, 0.25) is 0 Å². The average Bonchev–Trinajstić information content (AvgIpc) is 2.63. The Morgan fingerprint density at radius 1 is 0.923 bits per heavy atom. The zero-order valence-electron chi connectivity index (χ0n) is 14.5. The SMILES string of the molecule is COCC(C)NC(=O)c1ccc(-c2ccccc2)cc1.O=C(O)C(=O)O. The van der Waals surface area contributed by atoms with E-state index >= 15 is 0 Å². The second-order valence-corrected chi connectivity index (χ2v) is 5.38. The number of ether oxygens (including phenoxy) is 1. The monoisotopic (exact) mass is 359 g/mol. The zero-order chi connectivity index (χ0) is 19.5. The summed E-state index contributed by atoms with van der Waals surface area (Å²) in [5.74, 6) is -3.72. The van der Waals surface area contributed by atoms with Gasteiger partial charge in [-0.05, 0) is 30.2 Å². The van der Waals surface area contributed by atoms with Crippen molar-refractivity contribution in [3.05, 3.63) is 60.2 Å². The van der Waals surface area contributed by atoms with Gasteiger partial charge in [0.1, 0.15) is 0 Å². The molecule has 0 radical (unpaired) electrons. The van der Waals surface area contributed by atoms with Crippen molar-refractivity contribution in [2.75, 3.05) is 13.7 Å². The molecule has 1 unspecified atom stereocenters. The Bertz CT molecular complexity index is 715. The van der Waals surface area contributed by atoms with E-state index in [0.717, 1.165) is 11.1 Å². The number of aliphatic carboxylic acids is 2. The summed E-state index contributed by atoms with van der Waals surface area (Å²) in [7, 11) is 1.62. The van der Waals surface area contributed by atoms with Crippen molar-refractivity contribution in [3.63, 3.8) is 0 Å². The molecule has 7 heteroatoms. The van der Waals surface area contributed by atoms with Crippen molar-refractivity contribution in [2.45, 2.75) is 13.0 Å². The highest BCUT2D eigenvalue weighted by molar-refractivity contribution is 6.27. The van der Waals surface area contributed by atoms with Crippen LogP contribution >= 0.6 is 0 Å². The molecule has 1 amide bonds. The van der Waals surface area contributed by atoms with Crippen LogP contribution in [-0.4, -0.2) is 47.8 Å². The summed E-state index contributed by atoms with van der Waals surface area (Å²) >= 11 is 0. The van der Waals surface area contributed by atoms with Gasteiger partial charge in [0, 0.05) is 18.7 Å². The summed E-state index contributed by atoms with van der Waals surface area (Å²) in [6.07, 6.45) is 0. The zero-order valence-corrected chi connectivity index (χ0v) is 14.5. The lowest BCUT2D eigenvalue weighted by Gasteiger charge is -2.12. The first-order chi connectivity index (χ1) is 12.3. The number of carboxylic acid groups (broad SMARTS) is 2. The lowest BCUT2D eigenvalue weighted by molar-refractivity contribution is -0.159. The molecule has 0 bridgehead atoms. The molecule has 138 valence electrons. The van der Waals surface area contributed by atoms with Crippen LogP contribution < -0.4 is 5.32 Å². The molecule has 0 aliphatic carbocycles. The first-order valence-electron chi connectivity index (χ1n) is 7.76. The number of carbonyl (C=O) groups excluding carboxylic acids is 1. The first kappa shape index (κ1) is 20.9. The Balaban J connectivity index is 0.000000487. The Morgan fingerprint density at radius 2 is 1.42 bits per heavy atom. The van der Waals surface area contributed by atoms with Crippen LogP contribution in [0.3, 0.4) is 0 Å². The van der Waals surface area contributed by atoms with E-state index in [2.05, 4.69) is 17.4 Å². The van der Waals surface area contributed by atoms with Gasteiger partial charge in [-0.2, -0.15) is 0 Å². The molecule has 3 N–H and O–H groups in total. The van der Waals surface area contributed by atoms with E-state index in [1.807, 2.05) is 49.4 Å². The fourth-order valence-corrected chi connectivity index (χ4v) is 2.04. The number of carboxylic acids is 2. The molecule has 0 spiro atoms. The molecule has 0 saturated heterocycles. The highest BCUT2D eigenvalue weighted by Crippen LogP contribution is 2.19. The predicted molar refractivity (Wildman–Crippen MR) is 96.0 cm³/mol. The second kappa shape index (κ2) is 10.6. The average molecular weight is 359 g/mol. The quantitative estimate of drug-likeness (QED) is 0.706. The number of hydrogen-bond donors (Lipinski definition) is 3. The van der Waals surface area contributed by atoms with Crippen molar-refractivity contribution in [3.8, 4) is 11.1 Å². The lowest BCUT2D eigenvalue weighted by atomic mass is 10.0. The molecule has 26 heavy (non-hydrogen) atoms. The second-order valence-electron chi connectivity index (χ2n) is 5.38. The van der Waals surface area contributed by atoms with Gasteiger partial charge in [-0.3, -0.25) is 4.79 Å². The van der Waals surface area contributed by atoms with Crippen molar-refractivity contribution in [1.29, 1.82) is 0 Å². The highest BCUT2D eigenvalue weighted by Gasteiger charge is 2.09. The topological polar surface area (TPSA) is 113 Å². The van der Waals surface area contributed by atoms with E-state index in [9.17, 15) is 4.79 Å². The van der Waals surface area contributed by atoms with Crippen molar-refractivity contribution in [1.82, 2.24) is 5.32 Å². The summed E-state index contributed by atoms with van der Waals surface area (Å²) in [6.45, 7) is 2.42. The van der Waals surface area contributed by atoms with Gasteiger partial charge in [0.05, 0.1) is 6.61 Å². The normalized spacial score (nSPS) is 10.8. The summed E-state index contributed by atoms with van der Waals surface area (Å²) in [4.78, 5) is 30.2. The van der Waals surface area contributed by atoms with Crippen molar-refractivity contribution >= 4 is 17.8 Å². The van der Waals surface area contributed by atoms with Gasteiger partial charge in [0.25, 0.3) is 5.91 Å². The molecule has 1 atom stereocenters. The fourth-order valence-electron chi connectivity index (χ4n) is 2.04. The van der Waals surface area contributed by atoms with Gasteiger partial charge >= 0.3 is 11.9 Å². The molecule has 0 saturated carbocycles. The minimum atomic E-state index is -1.82. The minimum Gasteiger partial charge on any atom is -0.473 e. The van der Waals surface area contributed by atoms with Crippen LogP contribution in [-0.2, 0) is 14.3 Å². The Morgan fingerprint density at radius 3 is 1.88 bits per heavy atom. The summed E-state index contributed by atoms with van der Waals surface area (Å²) in [5, 5.41) is 17.7. The van der Waals surface area contributed by atoms with Gasteiger partial charge in [-0.1, -0.05) is 42.5 Å². The van der Waals surface area contributed by atoms with Crippen LogP contribution in [0.2, 0.25) is 0 Å². The molecule has 2 aromatic rings. The predicted octanol–water partition coefficient (Wildman–Crippen LogP) is 2.27. The number of amides is 1. The van der Waals surface area contributed by atoms with Crippen LogP contribution in [0.25, 0.3) is 11.1 Å². The van der Waals surface area contributed by atoms with Crippen molar-refractivity contribution in [2.24, 2.45) is 0 Å². The van der Waals surface area contributed by atoms with Gasteiger partial charge in [0.15, 0.2) is 0 Å². The van der Waals surface area contributed by atoms with Crippen LogP contribution in [0.5, 0.6) is 0 Å². The van der Waals surface area contributed by atoms with Crippen LogP contribution in [0.1, 0.15) is 17.3 Å². The standard InChI is InChI=1S/C17H19NO2.C2H2O4/c1-13(12-20-2)18-17(19)16-10-8-15(9-11-16)14-6-4-3-5-7-14;3-1(4)2(5)6/h3-11,13H,12H2,1-2H3,(H,18,19);(H,3,4)(H,5,6). The van der Waals surface area contributed by atoms with Crippen molar-refractivity contribution < 1.29 is 29.3 Å². The molecule has 0 heterocycles. The molecule has 2 aromatic carbocycles. The summed E-state index contributed by atoms with van der Waals surface area (Å²) in [5.41, 5.74) is 2.91. The van der Waals surface area contributed by atoms with E-state index in [1.165, 1.54) is 0 Å². The Hall–Kier alpha value is -3.19. The lowest BCUT2D eigenvalue weighted by Crippen LogP contribution is -2.35. The Kier molecular flexibility index (Phi) is 8.52. The van der Waals surface area contributed by atoms with Gasteiger partial charge in [-0.25, -0.2) is 9.59 Å². The highest BCUT2D eigenvalue weighted by atomic mass is 16.5. The molecule has 0 aliphatic heterocycles. The van der Waals surface area contributed by atoms with Gasteiger partial charge in [-0.15, -0.1) is 0 Å². The third-order valence-corrected chi connectivity index (χ3v) is 3.23. The molecule has 0 fully saturated rings. The maximum atomic E-state index is 12.0. The number of nitrogens with one attached hydrogen (secondary N) is 1. The maximum absolute atomic E-state index is 12.0. The van der Waals surface area contributed by atoms with Crippen LogP contribution in [0.4, 0.5) is 0 Å². The molecule has 2 rings (SSSR count). The number of hydrogen-bond acceptors (Lipinski definition) is 4. The molecule has 0 aromatic heterocycles. The largest absolute Gasteiger partial charge is 0.473 e. The minimum absolute atomic E-state index is 0.00120. The van der Waals surface area contributed by atoms with E-state index in [1.54, 1.807) is 7.11 Å². The van der Waals surface area contributed by atoms with Crippen LogP contribution in [0, 0.1) is 0 Å². The first-order valence-corrected chi connectivity index (χ1v) is 7.76. The third kappa shape index (κ3) is 7.14. The summed E-state index contributed by atoms with van der Waals surface area (Å²) < 4.78 is 5.00. The van der Waals surface area contributed by atoms with E-state index in [4.69, 9.17) is 24.5 Å². The van der Waals surface area contributed by atoms with E-state index in [-0.39, 0.29) is 11.9 Å². The Labute approximate surface area is 151 Å². The molecular weight excluding hydrogens is 338 g/mol. The number of carbonyl (C=O) groups is 3. The molecule has 0 aliphatic rings. The maximum Gasteiger partial charge on any atom is 0.414 e. The number of methoxy groups -OCH3 is 1. The number of benzene rings is 2. The van der Waals surface area contributed by atoms with E-state index < -0.39 is 11.9 Å². The smallest absolute Gasteiger partial charge is 0.414 e. The third-order valence-electron chi connectivity index (χ3n) is 3.23. The fraction of sp³-hybridized carbons (Fsp3) is 0.211. The molecular formula is C19H21NO6. The van der Waals surface area contributed by atoms with E-state index in [0.29, 0.717) is 12.2 Å².